The Bertz CT molecular complexity index is 898. The van der Waals surface area contributed by atoms with Crippen LogP contribution in [0.15, 0.2) is 53.0 Å². The molecule has 0 saturated carbocycles. The summed E-state index contributed by atoms with van der Waals surface area (Å²) in [5.74, 6) is 2.87. The van der Waals surface area contributed by atoms with Crippen LogP contribution in [0.1, 0.15) is 11.4 Å². The Labute approximate surface area is 155 Å². The molecular formula is C19H19BrN4O. The fourth-order valence-electron chi connectivity index (χ4n) is 2.45. The Morgan fingerprint density at radius 2 is 1.64 bits per heavy atom. The molecule has 0 aliphatic carbocycles. The molecule has 0 atom stereocenters. The van der Waals surface area contributed by atoms with Crippen LogP contribution in [-0.4, -0.2) is 17.1 Å². The highest BCUT2D eigenvalue weighted by atomic mass is 79.9. The van der Waals surface area contributed by atoms with Gasteiger partial charge in [-0.15, -0.1) is 0 Å². The van der Waals surface area contributed by atoms with Gasteiger partial charge in [0.15, 0.2) is 0 Å². The third-order valence-electron chi connectivity index (χ3n) is 3.64. The third-order valence-corrected chi connectivity index (χ3v) is 4.53. The molecule has 5 nitrogen and oxygen atoms in total. The molecule has 0 radical (unpaired) electrons. The van der Waals surface area contributed by atoms with Gasteiger partial charge in [-0.3, -0.25) is 0 Å². The zero-order chi connectivity index (χ0) is 17.8. The van der Waals surface area contributed by atoms with E-state index in [-0.39, 0.29) is 0 Å². The van der Waals surface area contributed by atoms with E-state index in [9.17, 15) is 0 Å². The largest absolute Gasteiger partial charge is 0.495 e. The molecule has 2 N–H and O–H groups in total. The van der Waals surface area contributed by atoms with Gasteiger partial charge in [-0.1, -0.05) is 28.1 Å². The average molecular weight is 399 g/mol. The molecule has 0 aliphatic heterocycles. The molecule has 0 bridgehead atoms. The molecular weight excluding hydrogens is 380 g/mol. The number of rotatable bonds is 5. The maximum atomic E-state index is 5.37. The molecule has 0 fully saturated rings. The average Bonchev–Trinajstić information content (AvgIpc) is 2.58. The van der Waals surface area contributed by atoms with E-state index < -0.39 is 0 Å². The third kappa shape index (κ3) is 4.28. The van der Waals surface area contributed by atoms with Crippen LogP contribution in [0.3, 0.4) is 0 Å². The molecule has 3 rings (SSSR count). The summed E-state index contributed by atoms with van der Waals surface area (Å²) in [6.45, 7) is 3.92. The lowest BCUT2D eigenvalue weighted by atomic mass is 10.2. The van der Waals surface area contributed by atoms with E-state index in [1.165, 1.54) is 0 Å². The van der Waals surface area contributed by atoms with E-state index in [1.54, 1.807) is 7.11 Å². The highest BCUT2D eigenvalue weighted by molar-refractivity contribution is 9.10. The molecule has 0 unspecified atom stereocenters. The topological polar surface area (TPSA) is 59.1 Å². The van der Waals surface area contributed by atoms with Crippen molar-refractivity contribution in [1.29, 1.82) is 0 Å². The van der Waals surface area contributed by atoms with Gasteiger partial charge >= 0.3 is 0 Å². The van der Waals surface area contributed by atoms with Crippen LogP contribution in [0.25, 0.3) is 0 Å². The number of para-hydroxylation sites is 2. The van der Waals surface area contributed by atoms with Crippen molar-refractivity contribution in [2.24, 2.45) is 0 Å². The second kappa shape index (κ2) is 7.53. The molecule has 128 valence electrons. The number of benzene rings is 2. The number of hydrogen-bond acceptors (Lipinski definition) is 5. The summed E-state index contributed by atoms with van der Waals surface area (Å²) >= 11 is 3.51. The Kier molecular flexibility index (Phi) is 5.19. The number of methoxy groups -OCH3 is 1. The highest BCUT2D eigenvalue weighted by Crippen LogP contribution is 2.28. The van der Waals surface area contributed by atoms with Crippen LogP contribution in [-0.2, 0) is 0 Å². The zero-order valence-electron chi connectivity index (χ0n) is 14.3. The van der Waals surface area contributed by atoms with E-state index in [2.05, 4.69) is 49.5 Å². The molecule has 0 aliphatic rings. The van der Waals surface area contributed by atoms with Gasteiger partial charge in [0.1, 0.15) is 23.2 Å². The first-order chi connectivity index (χ1) is 12.0. The van der Waals surface area contributed by atoms with Crippen molar-refractivity contribution in [3.8, 4) is 5.75 Å². The maximum Gasteiger partial charge on any atom is 0.142 e. The lowest BCUT2D eigenvalue weighted by Crippen LogP contribution is -2.02. The minimum absolute atomic E-state index is 0.677. The Morgan fingerprint density at radius 1 is 0.920 bits per heavy atom. The highest BCUT2D eigenvalue weighted by Gasteiger charge is 2.07. The second-order valence-electron chi connectivity index (χ2n) is 5.60. The predicted molar refractivity (Wildman–Crippen MR) is 105 cm³/mol. The smallest absolute Gasteiger partial charge is 0.142 e. The summed E-state index contributed by atoms with van der Waals surface area (Å²) < 4.78 is 6.45. The van der Waals surface area contributed by atoms with Crippen LogP contribution < -0.4 is 15.4 Å². The number of aromatic nitrogens is 2. The minimum Gasteiger partial charge on any atom is -0.495 e. The van der Waals surface area contributed by atoms with Crippen molar-refractivity contribution in [2.75, 3.05) is 17.7 Å². The van der Waals surface area contributed by atoms with Crippen molar-refractivity contribution >= 4 is 38.9 Å². The second-order valence-corrected chi connectivity index (χ2v) is 6.45. The molecule has 1 aromatic heterocycles. The maximum absolute atomic E-state index is 5.37. The first-order valence-corrected chi connectivity index (χ1v) is 8.63. The monoisotopic (exact) mass is 398 g/mol. The lowest BCUT2D eigenvalue weighted by Gasteiger charge is -2.13. The fraction of sp³-hybridized carbons (Fsp3) is 0.158. The molecule has 0 spiro atoms. The summed E-state index contributed by atoms with van der Waals surface area (Å²) in [6.07, 6.45) is 0. The lowest BCUT2D eigenvalue weighted by molar-refractivity contribution is 0.417. The van der Waals surface area contributed by atoms with Crippen molar-refractivity contribution in [3.63, 3.8) is 0 Å². The van der Waals surface area contributed by atoms with Crippen LogP contribution in [0.2, 0.25) is 0 Å². The van der Waals surface area contributed by atoms with E-state index >= 15 is 0 Å². The predicted octanol–water partition coefficient (Wildman–Crippen LogP) is 5.35. The summed E-state index contributed by atoms with van der Waals surface area (Å²) in [5, 5.41) is 6.61. The number of halogens is 1. The Balaban J connectivity index is 1.86. The summed E-state index contributed by atoms with van der Waals surface area (Å²) in [5.41, 5.74) is 2.98. The Hall–Kier alpha value is -2.60. The van der Waals surface area contributed by atoms with Gasteiger partial charge in [0.05, 0.1) is 12.8 Å². The van der Waals surface area contributed by atoms with Crippen LogP contribution >= 0.6 is 15.9 Å². The first-order valence-electron chi connectivity index (χ1n) is 7.84. The SMILES string of the molecule is COc1ccccc1Nc1cc(Nc2ccc(Br)c(C)c2)nc(C)n1. The van der Waals surface area contributed by atoms with Crippen molar-refractivity contribution < 1.29 is 4.74 Å². The fourth-order valence-corrected chi connectivity index (χ4v) is 2.70. The molecule has 0 saturated heterocycles. The van der Waals surface area contributed by atoms with Gasteiger partial charge in [0.25, 0.3) is 0 Å². The number of ether oxygens (including phenoxy) is 1. The van der Waals surface area contributed by atoms with Gasteiger partial charge in [-0.25, -0.2) is 9.97 Å². The molecule has 25 heavy (non-hydrogen) atoms. The summed E-state index contributed by atoms with van der Waals surface area (Å²) in [6, 6.07) is 15.7. The van der Waals surface area contributed by atoms with Gasteiger partial charge in [-0.05, 0) is 49.7 Å². The standard InChI is InChI=1S/C19H19BrN4O/c1-12-10-14(8-9-15(12)20)23-18-11-19(22-13(2)21-18)24-16-6-4-5-7-17(16)25-3/h4-11H,1-3H3,(H2,21,22,23,24). The number of hydrogen-bond donors (Lipinski definition) is 2. The summed E-state index contributed by atoms with van der Waals surface area (Å²) in [4.78, 5) is 8.91. The van der Waals surface area contributed by atoms with Gasteiger partial charge in [0, 0.05) is 16.2 Å². The van der Waals surface area contributed by atoms with E-state index in [4.69, 9.17) is 4.74 Å². The van der Waals surface area contributed by atoms with Gasteiger partial charge < -0.3 is 15.4 Å². The first kappa shape index (κ1) is 17.2. The molecule has 1 heterocycles. The quantitative estimate of drug-likeness (QED) is 0.606. The van der Waals surface area contributed by atoms with Crippen molar-refractivity contribution in [3.05, 3.63) is 64.4 Å². The number of nitrogens with one attached hydrogen (secondary N) is 2. The molecule has 6 heteroatoms. The zero-order valence-corrected chi connectivity index (χ0v) is 15.9. The number of anilines is 4. The van der Waals surface area contributed by atoms with Crippen LogP contribution in [0.4, 0.5) is 23.0 Å². The molecule has 0 amide bonds. The van der Waals surface area contributed by atoms with Crippen LogP contribution in [0.5, 0.6) is 5.75 Å². The van der Waals surface area contributed by atoms with Gasteiger partial charge in [0.2, 0.25) is 0 Å². The summed E-state index contributed by atoms with van der Waals surface area (Å²) in [7, 11) is 1.65. The minimum atomic E-state index is 0.677. The number of aryl methyl sites for hydroxylation is 2. The normalized spacial score (nSPS) is 10.4. The molecule has 3 aromatic rings. The van der Waals surface area contributed by atoms with Crippen LogP contribution in [0, 0.1) is 13.8 Å². The van der Waals surface area contributed by atoms with E-state index in [0.717, 1.165) is 33.0 Å². The van der Waals surface area contributed by atoms with Crippen molar-refractivity contribution in [2.45, 2.75) is 13.8 Å². The Morgan fingerprint density at radius 3 is 2.36 bits per heavy atom. The van der Waals surface area contributed by atoms with Gasteiger partial charge in [-0.2, -0.15) is 0 Å². The van der Waals surface area contributed by atoms with E-state index in [0.29, 0.717) is 11.6 Å². The number of nitrogens with zero attached hydrogens (tertiary/aromatic N) is 2. The van der Waals surface area contributed by atoms with Crippen molar-refractivity contribution in [1.82, 2.24) is 9.97 Å². The molecule has 2 aromatic carbocycles. The van der Waals surface area contributed by atoms with E-state index in [1.807, 2.05) is 49.4 Å².